The van der Waals surface area contributed by atoms with E-state index in [-0.39, 0.29) is 5.92 Å². The number of anilines is 2. The molecule has 4 N–H and O–H groups in total. The van der Waals surface area contributed by atoms with E-state index in [0.29, 0.717) is 12.3 Å². The second-order valence-corrected chi connectivity index (χ2v) is 7.91. The van der Waals surface area contributed by atoms with Gasteiger partial charge in [-0.1, -0.05) is 34.1 Å². The predicted octanol–water partition coefficient (Wildman–Crippen LogP) is 4.47. The summed E-state index contributed by atoms with van der Waals surface area (Å²) < 4.78 is 2.23. The first-order valence-electron chi connectivity index (χ1n) is 8.30. The molecule has 8 heteroatoms. The lowest BCUT2D eigenvalue weighted by Crippen LogP contribution is -2.30. The Morgan fingerprint density at radius 3 is 3.04 bits per heavy atom. The van der Waals surface area contributed by atoms with Crippen molar-refractivity contribution < 1.29 is 0 Å². The molecule has 1 aliphatic rings. The minimum absolute atomic E-state index is 0.0170. The molecule has 2 heterocycles. The van der Waals surface area contributed by atoms with Gasteiger partial charge in [0.25, 0.3) is 0 Å². The molecule has 6 nitrogen and oxygen atoms in total. The number of thiophene rings is 1. The lowest BCUT2D eigenvalue weighted by atomic mass is 9.92. The van der Waals surface area contributed by atoms with Crippen LogP contribution in [0, 0.1) is 5.92 Å². The molecule has 1 unspecified atom stereocenters. The normalized spacial score (nSPS) is 16.2. The number of amidine groups is 1. The molecule has 0 saturated heterocycles. The van der Waals surface area contributed by atoms with Crippen LogP contribution in [0.15, 0.2) is 56.5 Å². The molecule has 0 aliphatic heterocycles. The molecule has 1 atom stereocenters. The van der Waals surface area contributed by atoms with E-state index in [9.17, 15) is 0 Å². The van der Waals surface area contributed by atoms with Crippen LogP contribution >= 0.6 is 27.3 Å². The summed E-state index contributed by atoms with van der Waals surface area (Å²) in [7, 11) is 0. The van der Waals surface area contributed by atoms with Crippen molar-refractivity contribution in [3.63, 3.8) is 0 Å². The maximum Gasteiger partial charge on any atom is 0.149 e. The zero-order valence-electron chi connectivity index (χ0n) is 14.3. The number of pyridine rings is 1. The molecule has 1 aromatic carbocycles. The van der Waals surface area contributed by atoms with Gasteiger partial charge in [-0.05, 0) is 29.6 Å². The molecule has 136 valence electrons. The third-order valence-corrected chi connectivity index (χ3v) is 5.84. The lowest BCUT2D eigenvalue weighted by Gasteiger charge is -2.21. The number of nitrogens with zero attached hydrogens (tertiary/aromatic N) is 3. The van der Waals surface area contributed by atoms with E-state index in [0.717, 1.165) is 32.6 Å². The smallest absolute Gasteiger partial charge is 0.149 e. The van der Waals surface area contributed by atoms with Crippen molar-refractivity contribution in [1.82, 2.24) is 10.4 Å². The number of aromatic nitrogens is 1. The van der Waals surface area contributed by atoms with Gasteiger partial charge >= 0.3 is 0 Å². The second kappa shape index (κ2) is 7.50. The van der Waals surface area contributed by atoms with Gasteiger partial charge in [0.1, 0.15) is 11.7 Å². The molecule has 0 saturated carbocycles. The Morgan fingerprint density at radius 2 is 2.26 bits per heavy atom. The van der Waals surface area contributed by atoms with Crippen molar-refractivity contribution in [1.29, 1.82) is 0 Å². The van der Waals surface area contributed by atoms with E-state index in [1.165, 1.54) is 4.70 Å². The van der Waals surface area contributed by atoms with Crippen molar-refractivity contribution in [2.75, 3.05) is 5.32 Å². The average molecular weight is 441 g/mol. The highest BCUT2D eigenvalue weighted by Crippen LogP contribution is 2.37. The Bertz CT molecular complexity index is 1070. The van der Waals surface area contributed by atoms with Gasteiger partial charge in [0, 0.05) is 44.9 Å². The summed E-state index contributed by atoms with van der Waals surface area (Å²) in [6.07, 6.45) is 4.86. The first-order chi connectivity index (χ1) is 13.2. The van der Waals surface area contributed by atoms with Crippen LogP contribution in [-0.4, -0.2) is 17.5 Å². The molecular weight excluding hydrogens is 424 g/mol. The third-order valence-electron chi connectivity index (χ3n) is 4.40. The molecule has 1 aliphatic carbocycles. The van der Waals surface area contributed by atoms with Gasteiger partial charge in [-0.2, -0.15) is 10.2 Å². The van der Waals surface area contributed by atoms with Crippen LogP contribution in [0.1, 0.15) is 11.3 Å². The number of halogens is 1. The zero-order chi connectivity index (χ0) is 18.8. The fraction of sp³-hybridized carbons (Fsp3) is 0.105. The largest absolute Gasteiger partial charge is 0.340 e. The quantitative estimate of drug-likeness (QED) is 0.241. The minimum Gasteiger partial charge on any atom is -0.340 e. The van der Waals surface area contributed by atoms with Crippen molar-refractivity contribution in [3.8, 4) is 0 Å². The molecule has 0 bridgehead atoms. The SMILES string of the molecule is C=NN/C(=N\N)C1C=Cc2c(nc(Nc3cccc(Br)c3)c3ccsc23)C1. The molecular formula is C19H17BrN6S. The highest BCUT2D eigenvalue weighted by atomic mass is 79.9. The highest BCUT2D eigenvalue weighted by Gasteiger charge is 2.23. The van der Waals surface area contributed by atoms with Crippen molar-refractivity contribution in [2.45, 2.75) is 6.42 Å². The van der Waals surface area contributed by atoms with E-state index in [4.69, 9.17) is 10.8 Å². The maximum absolute atomic E-state index is 5.50. The lowest BCUT2D eigenvalue weighted by molar-refractivity contribution is 0.767. The zero-order valence-corrected chi connectivity index (χ0v) is 16.7. The topological polar surface area (TPSA) is 87.7 Å². The first-order valence-corrected chi connectivity index (χ1v) is 9.97. The number of nitrogens with two attached hydrogens (primary N) is 1. The minimum atomic E-state index is -0.0170. The number of fused-ring (bicyclic) bond motifs is 3. The number of nitrogens with one attached hydrogen (secondary N) is 2. The van der Waals surface area contributed by atoms with Crippen LogP contribution < -0.4 is 16.6 Å². The summed E-state index contributed by atoms with van der Waals surface area (Å²) >= 11 is 5.23. The summed E-state index contributed by atoms with van der Waals surface area (Å²) in [4.78, 5) is 4.92. The fourth-order valence-electron chi connectivity index (χ4n) is 3.18. The fourth-order valence-corrected chi connectivity index (χ4v) is 4.53. The molecule has 4 rings (SSSR count). The van der Waals surface area contributed by atoms with Gasteiger partial charge in [0.05, 0.1) is 5.69 Å². The van der Waals surface area contributed by atoms with Crippen LogP contribution in [-0.2, 0) is 6.42 Å². The van der Waals surface area contributed by atoms with Gasteiger partial charge in [0.2, 0.25) is 0 Å². The molecule has 0 amide bonds. The van der Waals surface area contributed by atoms with Crippen LogP contribution in [0.2, 0.25) is 0 Å². The van der Waals surface area contributed by atoms with Crippen LogP contribution in [0.25, 0.3) is 16.2 Å². The van der Waals surface area contributed by atoms with Crippen LogP contribution in [0.5, 0.6) is 0 Å². The van der Waals surface area contributed by atoms with Crippen LogP contribution in [0.3, 0.4) is 0 Å². The van der Waals surface area contributed by atoms with E-state index in [1.54, 1.807) is 11.3 Å². The van der Waals surface area contributed by atoms with Crippen molar-refractivity contribution in [2.24, 2.45) is 22.0 Å². The molecule has 3 aromatic rings. The molecule has 0 spiro atoms. The molecule has 27 heavy (non-hydrogen) atoms. The summed E-state index contributed by atoms with van der Waals surface area (Å²) in [5, 5.41) is 14.1. The summed E-state index contributed by atoms with van der Waals surface area (Å²) in [5.74, 6) is 6.90. The van der Waals surface area contributed by atoms with Crippen molar-refractivity contribution >= 4 is 67.5 Å². The summed E-state index contributed by atoms with van der Waals surface area (Å²) in [6, 6.07) is 10.1. The number of benzene rings is 1. The van der Waals surface area contributed by atoms with E-state index >= 15 is 0 Å². The van der Waals surface area contributed by atoms with Gasteiger partial charge in [-0.15, -0.1) is 11.3 Å². The Hall–Kier alpha value is -2.71. The Morgan fingerprint density at radius 1 is 1.37 bits per heavy atom. The predicted molar refractivity (Wildman–Crippen MR) is 118 cm³/mol. The van der Waals surface area contributed by atoms with Crippen molar-refractivity contribution in [3.05, 3.63) is 57.5 Å². The number of hydrazone groups is 2. The summed E-state index contributed by atoms with van der Waals surface area (Å²) in [6.45, 7) is 3.44. The number of rotatable bonds is 4. The second-order valence-electron chi connectivity index (χ2n) is 6.07. The summed E-state index contributed by atoms with van der Waals surface area (Å²) in [5.41, 5.74) is 5.90. The molecule has 2 aromatic heterocycles. The van der Waals surface area contributed by atoms with Crippen LogP contribution in [0.4, 0.5) is 11.5 Å². The Labute approximate surface area is 169 Å². The third kappa shape index (κ3) is 3.45. The average Bonchev–Trinajstić information content (AvgIpc) is 3.16. The maximum atomic E-state index is 5.50. The van der Waals surface area contributed by atoms with Gasteiger partial charge in [-0.25, -0.2) is 4.98 Å². The molecule has 0 radical (unpaired) electrons. The monoisotopic (exact) mass is 440 g/mol. The van der Waals surface area contributed by atoms with E-state index < -0.39 is 0 Å². The molecule has 0 fully saturated rings. The van der Waals surface area contributed by atoms with Gasteiger partial charge < -0.3 is 11.2 Å². The standard InChI is InChI=1S/C19H17BrN6S/c1-22-26-18(25-21)11-5-6-14-16(9-11)24-19(15-7-8-27-17(14)15)23-13-4-2-3-12(20)10-13/h2-8,10-11H,1,9,21H2,(H,23,24)(H,25,26). The highest BCUT2D eigenvalue weighted by molar-refractivity contribution is 9.10. The number of hydrogen-bond donors (Lipinski definition) is 3. The Balaban J connectivity index is 1.75. The van der Waals surface area contributed by atoms with Gasteiger partial charge in [0.15, 0.2) is 0 Å². The first kappa shape index (κ1) is 17.7. The van der Waals surface area contributed by atoms with E-state index in [1.807, 2.05) is 24.3 Å². The van der Waals surface area contributed by atoms with E-state index in [2.05, 4.69) is 67.2 Å². The number of hydrogen-bond acceptors (Lipinski definition) is 6. The Kier molecular flexibility index (Phi) is 4.91. The van der Waals surface area contributed by atoms with Gasteiger partial charge in [-0.3, -0.25) is 5.43 Å².